The van der Waals surface area contributed by atoms with Crippen LogP contribution < -0.4 is 0 Å². The van der Waals surface area contributed by atoms with Gasteiger partial charge in [-0.1, -0.05) is 25.4 Å². The van der Waals surface area contributed by atoms with E-state index in [1.807, 2.05) is 0 Å². The molecule has 1 nitrogen and oxygen atoms in total. The Morgan fingerprint density at radius 1 is 1.36 bits per heavy atom. The van der Waals surface area contributed by atoms with Crippen LogP contribution in [0.25, 0.3) is 0 Å². The van der Waals surface area contributed by atoms with E-state index in [0.29, 0.717) is 0 Å². The summed E-state index contributed by atoms with van der Waals surface area (Å²) in [7, 11) is 0. The number of aromatic nitrogens is 1. The van der Waals surface area contributed by atoms with Crippen LogP contribution in [0.5, 0.6) is 0 Å². The lowest BCUT2D eigenvalue weighted by Crippen LogP contribution is -2.10. The van der Waals surface area contributed by atoms with Crippen LogP contribution in [0.2, 0.25) is 5.15 Å². The zero-order valence-electron chi connectivity index (χ0n) is 7.69. The quantitative estimate of drug-likeness (QED) is 0.659. The number of hydrogen-bond donors (Lipinski definition) is 0. The van der Waals surface area contributed by atoms with Crippen molar-refractivity contribution in [3.05, 3.63) is 28.5 Å². The van der Waals surface area contributed by atoms with Crippen LogP contribution in [0.1, 0.15) is 30.9 Å². The van der Waals surface area contributed by atoms with Crippen molar-refractivity contribution in [2.45, 2.75) is 25.9 Å². The van der Waals surface area contributed by atoms with Crippen LogP contribution in [-0.4, -0.2) is 4.98 Å². The molecule has 1 aromatic rings. The van der Waals surface area contributed by atoms with Crippen molar-refractivity contribution in [1.29, 1.82) is 0 Å². The maximum Gasteiger partial charge on any atom is 0.418 e. The first-order valence-corrected chi connectivity index (χ1v) is 4.43. The summed E-state index contributed by atoms with van der Waals surface area (Å²) in [6, 6.07) is 1.26. The predicted octanol–water partition coefficient (Wildman–Crippen LogP) is 3.88. The SMILES string of the molecule is CC(C)c1cc(Cl)ncc1C(F)(F)F. The highest BCUT2D eigenvalue weighted by molar-refractivity contribution is 6.29. The fourth-order valence-corrected chi connectivity index (χ4v) is 1.32. The molecule has 78 valence electrons. The monoisotopic (exact) mass is 223 g/mol. The van der Waals surface area contributed by atoms with E-state index >= 15 is 0 Å². The van der Waals surface area contributed by atoms with Gasteiger partial charge in [-0.05, 0) is 17.5 Å². The van der Waals surface area contributed by atoms with Gasteiger partial charge in [0.15, 0.2) is 0 Å². The molecule has 14 heavy (non-hydrogen) atoms. The maximum atomic E-state index is 12.5. The molecular formula is C9H9ClF3N. The van der Waals surface area contributed by atoms with Crippen molar-refractivity contribution in [3.8, 4) is 0 Å². The topological polar surface area (TPSA) is 12.9 Å². The Labute approximate surface area is 84.9 Å². The molecule has 0 unspecified atom stereocenters. The van der Waals surface area contributed by atoms with Gasteiger partial charge in [-0.3, -0.25) is 0 Å². The second kappa shape index (κ2) is 3.77. The molecule has 0 bridgehead atoms. The number of halogens is 4. The summed E-state index contributed by atoms with van der Waals surface area (Å²) in [5.41, 5.74) is -0.533. The van der Waals surface area contributed by atoms with Gasteiger partial charge in [0.25, 0.3) is 0 Å². The Hall–Kier alpha value is -0.770. The fourth-order valence-electron chi connectivity index (χ4n) is 1.16. The Morgan fingerprint density at radius 3 is 2.36 bits per heavy atom. The summed E-state index contributed by atoms with van der Waals surface area (Å²) in [6.07, 6.45) is -3.59. The standard InChI is InChI=1S/C9H9ClF3N/c1-5(2)6-3-8(10)14-4-7(6)9(11,12)13/h3-5H,1-2H3. The molecule has 0 saturated carbocycles. The van der Waals surface area contributed by atoms with Crippen molar-refractivity contribution >= 4 is 11.6 Å². The van der Waals surface area contributed by atoms with Crippen molar-refractivity contribution in [2.24, 2.45) is 0 Å². The minimum Gasteiger partial charge on any atom is -0.244 e. The molecule has 5 heteroatoms. The summed E-state index contributed by atoms with van der Waals surface area (Å²) in [6.45, 7) is 3.36. The lowest BCUT2D eigenvalue weighted by atomic mass is 9.99. The molecule has 0 atom stereocenters. The van der Waals surface area contributed by atoms with Crippen LogP contribution in [0, 0.1) is 0 Å². The van der Waals surface area contributed by atoms with Crippen molar-refractivity contribution in [2.75, 3.05) is 0 Å². The number of pyridine rings is 1. The molecule has 0 spiro atoms. The predicted molar refractivity (Wildman–Crippen MR) is 48.3 cm³/mol. The number of hydrogen-bond acceptors (Lipinski definition) is 1. The summed E-state index contributed by atoms with van der Waals surface area (Å²) < 4.78 is 37.4. The molecule has 1 heterocycles. The van der Waals surface area contributed by atoms with E-state index in [9.17, 15) is 13.2 Å². The molecular weight excluding hydrogens is 215 g/mol. The lowest BCUT2D eigenvalue weighted by Gasteiger charge is -2.14. The Morgan fingerprint density at radius 2 is 1.93 bits per heavy atom. The van der Waals surface area contributed by atoms with Gasteiger partial charge in [-0.25, -0.2) is 4.98 Å². The van der Waals surface area contributed by atoms with E-state index in [4.69, 9.17) is 11.6 Å². The summed E-state index contributed by atoms with van der Waals surface area (Å²) >= 11 is 5.53. The Balaban J connectivity index is 3.29. The first kappa shape index (κ1) is 11.3. The fraction of sp³-hybridized carbons (Fsp3) is 0.444. The van der Waals surface area contributed by atoms with E-state index in [-0.39, 0.29) is 16.6 Å². The van der Waals surface area contributed by atoms with Gasteiger partial charge in [0.05, 0.1) is 5.56 Å². The first-order chi connectivity index (χ1) is 6.32. The van der Waals surface area contributed by atoms with E-state index in [0.717, 1.165) is 6.20 Å². The number of nitrogens with zero attached hydrogens (tertiary/aromatic N) is 1. The van der Waals surface area contributed by atoms with Gasteiger partial charge in [0, 0.05) is 6.20 Å². The third kappa shape index (κ3) is 2.38. The molecule has 1 aromatic heterocycles. The van der Waals surface area contributed by atoms with Gasteiger partial charge >= 0.3 is 6.18 Å². The zero-order valence-corrected chi connectivity index (χ0v) is 8.45. The normalized spacial score (nSPS) is 12.2. The van der Waals surface area contributed by atoms with Gasteiger partial charge in [0.2, 0.25) is 0 Å². The molecule has 0 aromatic carbocycles. The Kier molecular flexibility index (Phi) is 3.04. The average Bonchev–Trinajstić information content (AvgIpc) is 2.01. The second-order valence-corrected chi connectivity index (χ2v) is 3.63. The summed E-state index contributed by atoms with van der Waals surface area (Å²) in [5, 5.41) is 0.0849. The lowest BCUT2D eigenvalue weighted by molar-refractivity contribution is -0.138. The number of rotatable bonds is 1. The average molecular weight is 224 g/mol. The van der Waals surface area contributed by atoms with Crippen LogP contribution in [0.4, 0.5) is 13.2 Å². The van der Waals surface area contributed by atoms with Crippen LogP contribution in [0.3, 0.4) is 0 Å². The number of alkyl halides is 3. The minimum absolute atomic E-state index is 0.0849. The van der Waals surface area contributed by atoms with E-state index < -0.39 is 11.7 Å². The zero-order chi connectivity index (χ0) is 10.9. The van der Waals surface area contributed by atoms with Crippen molar-refractivity contribution in [1.82, 2.24) is 4.98 Å². The molecule has 0 aliphatic heterocycles. The van der Waals surface area contributed by atoms with Crippen molar-refractivity contribution in [3.63, 3.8) is 0 Å². The first-order valence-electron chi connectivity index (χ1n) is 4.05. The van der Waals surface area contributed by atoms with E-state index in [1.54, 1.807) is 13.8 Å². The summed E-state index contributed by atoms with van der Waals surface area (Å²) in [4.78, 5) is 3.43. The molecule has 0 N–H and O–H groups in total. The molecule has 0 radical (unpaired) electrons. The molecule has 0 aliphatic carbocycles. The highest BCUT2D eigenvalue weighted by Crippen LogP contribution is 2.35. The van der Waals surface area contributed by atoms with E-state index in [1.165, 1.54) is 6.07 Å². The highest BCUT2D eigenvalue weighted by Gasteiger charge is 2.34. The smallest absolute Gasteiger partial charge is 0.244 e. The highest BCUT2D eigenvalue weighted by atomic mass is 35.5. The van der Waals surface area contributed by atoms with E-state index in [2.05, 4.69) is 4.98 Å². The summed E-state index contributed by atoms with van der Waals surface area (Å²) in [5.74, 6) is -0.230. The van der Waals surface area contributed by atoms with Gasteiger partial charge in [0.1, 0.15) is 5.15 Å². The van der Waals surface area contributed by atoms with Crippen LogP contribution in [0.15, 0.2) is 12.3 Å². The molecule has 0 saturated heterocycles. The van der Waals surface area contributed by atoms with Crippen LogP contribution >= 0.6 is 11.6 Å². The van der Waals surface area contributed by atoms with Gasteiger partial charge in [-0.2, -0.15) is 13.2 Å². The molecule has 0 fully saturated rings. The molecule has 0 aliphatic rings. The maximum absolute atomic E-state index is 12.5. The van der Waals surface area contributed by atoms with Crippen molar-refractivity contribution < 1.29 is 13.2 Å². The second-order valence-electron chi connectivity index (χ2n) is 3.25. The third-order valence-electron chi connectivity index (χ3n) is 1.83. The van der Waals surface area contributed by atoms with Crippen LogP contribution in [-0.2, 0) is 6.18 Å². The molecule has 1 rings (SSSR count). The van der Waals surface area contributed by atoms with Gasteiger partial charge in [-0.15, -0.1) is 0 Å². The van der Waals surface area contributed by atoms with Gasteiger partial charge < -0.3 is 0 Å². The largest absolute Gasteiger partial charge is 0.418 e. The minimum atomic E-state index is -4.36. The Bertz CT molecular complexity index is 333. The molecule has 0 amide bonds. The third-order valence-corrected chi connectivity index (χ3v) is 2.04.